The van der Waals surface area contributed by atoms with Gasteiger partial charge in [0.1, 0.15) is 11.1 Å². The number of aromatic nitrogens is 2. The summed E-state index contributed by atoms with van der Waals surface area (Å²) in [7, 11) is 0. The average molecular weight is 451 g/mol. The molecule has 33 heavy (non-hydrogen) atoms. The number of pyridine rings is 2. The van der Waals surface area contributed by atoms with Gasteiger partial charge in [0.2, 0.25) is 5.43 Å². The van der Waals surface area contributed by atoms with E-state index in [4.69, 9.17) is 0 Å². The fraction of sp³-hybridized carbons (Fsp3) is 0.538. The highest BCUT2D eigenvalue weighted by Gasteiger charge is 2.25. The fourth-order valence-corrected chi connectivity index (χ4v) is 4.39. The summed E-state index contributed by atoms with van der Waals surface area (Å²) < 4.78 is 1.77. The molecular weight excluding hydrogens is 416 g/mol. The first-order valence-corrected chi connectivity index (χ1v) is 12.3. The molecule has 2 heterocycles. The van der Waals surface area contributed by atoms with Crippen LogP contribution in [0.2, 0.25) is 0 Å². The number of hydrogen-bond donors (Lipinski definition) is 2. The summed E-state index contributed by atoms with van der Waals surface area (Å²) in [5.41, 5.74) is 0.483. The van der Waals surface area contributed by atoms with Crippen LogP contribution in [0.15, 0.2) is 41.6 Å². The summed E-state index contributed by atoms with van der Waals surface area (Å²) in [5.74, 6) is -0.278. The molecule has 2 N–H and O–H groups in total. The van der Waals surface area contributed by atoms with Gasteiger partial charge in [0.15, 0.2) is 0 Å². The summed E-state index contributed by atoms with van der Waals surface area (Å²) in [6.07, 6.45) is 15.4. The maximum absolute atomic E-state index is 13.2. The zero-order valence-electron chi connectivity index (χ0n) is 19.2. The van der Waals surface area contributed by atoms with Crippen LogP contribution in [0.5, 0.6) is 0 Å². The summed E-state index contributed by atoms with van der Waals surface area (Å²) >= 11 is 0. The lowest BCUT2D eigenvalue weighted by Gasteiger charge is -2.21. The molecule has 2 aromatic heterocycles. The fourth-order valence-electron chi connectivity index (χ4n) is 4.39. The van der Waals surface area contributed by atoms with Gasteiger partial charge in [-0.15, -0.1) is 0 Å². The maximum Gasteiger partial charge on any atom is 0.256 e. The van der Waals surface area contributed by atoms with Crippen LogP contribution < -0.4 is 16.1 Å². The van der Waals surface area contributed by atoms with E-state index < -0.39 is 11.3 Å². The second-order valence-electron chi connectivity index (χ2n) is 9.39. The van der Waals surface area contributed by atoms with E-state index in [-0.39, 0.29) is 23.1 Å². The van der Waals surface area contributed by atoms with Gasteiger partial charge in [-0.25, -0.2) is 0 Å². The zero-order chi connectivity index (χ0) is 23.0. The summed E-state index contributed by atoms with van der Waals surface area (Å²) in [6, 6.07) is 5.81. The van der Waals surface area contributed by atoms with Gasteiger partial charge in [-0.1, -0.05) is 38.2 Å². The lowest BCUT2D eigenvalue weighted by molar-refractivity contribution is 0.0928. The van der Waals surface area contributed by atoms with Crippen molar-refractivity contribution in [2.45, 2.75) is 76.8 Å². The molecule has 2 amide bonds. The maximum atomic E-state index is 13.2. The van der Waals surface area contributed by atoms with Gasteiger partial charge in [-0.2, -0.15) is 0 Å². The Balaban J connectivity index is 1.54. The SMILES string of the molecule is O=C(NCC1CC1)c1cn(CCc2ccccn2)cc(C(=O)NC2CCCCCCC2)c1=O. The number of nitrogens with one attached hydrogen (secondary N) is 2. The van der Waals surface area contributed by atoms with E-state index in [1.165, 1.54) is 19.3 Å². The molecule has 4 rings (SSSR count). The third kappa shape index (κ3) is 6.76. The Labute approximate surface area is 195 Å². The second-order valence-corrected chi connectivity index (χ2v) is 9.39. The molecule has 0 atom stereocenters. The minimum absolute atomic E-state index is 0.0296. The van der Waals surface area contributed by atoms with Crippen LogP contribution in [-0.2, 0) is 13.0 Å². The number of hydrogen-bond acceptors (Lipinski definition) is 4. The van der Waals surface area contributed by atoms with E-state index >= 15 is 0 Å². The van der Waals surface area contributed by atoms with Gasteiger partial charge in [-0.05, 0) is 43.7 Å². The van der Waals surface area contributed by atoms with Crippen LogP contribution in [-0.4, -0.2) is 34.0 Å². The number of carbonyl (C=O) groups is 2. The van der Waals surface area contributed by atoms with Crippen molar-refractivity contribution in [3.8, 4) is 0 Å². The van der Waals surface area contributed by atoms with Gasteiger partial charge in [0, 0.05) is 49.8 Å². The average Bonchev–Trinajstić information content (AvgIpc) is 3.63. The molecule has 2 aliphatic carbocycles. The highest BCUT2D eigenvalue weighted by molar-refractivity contribution is 5.99. The number of aryl methyl sites for hydroxylation is 2. The predicted octanol–water partition coefficient (Wildman–Crippen LogP) is 3.47. The van der Waals surface area contributed by atoms with Gasteiger partial charge >= 0.3 is 0 Å². The van der Waals surface area contributed by atoms with E-state index in [9.17, 15) is 14.4 Å². The molecule has 0 aromatic carbocycles. The van der Waals surface area contributed by atoms with E-state index in [1.807, 2.05) is 18.2 Å². The number of nitrogens with zero attached hydrogens (tertiary/aromatic N) is 2. The highest BCUT2D eigenvalue weighted by Crippen LogP contribution is 2.27. The number of rotatable bonds is 8. The molecule has 0 aliphatic heterocycles. The summed E-state index contributed by atoms with van der Waals surface area (Å²) in [6.45, 7) is 1.09. The molecular formula is C26H34N4O3. The van der Waals surface area contributed by atoms with Gasteiger partial charge in [0.05, 0.1) is 0 Å². The van der Waals surface area contributed by atoms with Gasteiger partial charge in [-0.3, -0.25) is 19.4 Å². The third-order valence-electron chi connectivity index (χ3n) is 6.61. The zero-order valence-corrected chi connectivity index (χ0v) is 19.2. The lowest BCUT2D eigenvalue weighted by atomic mass is 9.96. The molecule has 0 saturated heterocycles. The van der Waals surface area contributed by atoms with E-state index in [2.05, 4.69) is 15.6 Å². The van der Waals surface area contributed by atoms with E-state index in [1.54, 1.807) is 23.2 Å². The molecule has 0 radical (unpaired) electrons. The quantitative estimate of drug-likeness (QED) is 0.644. The Morgan fingerprint density at radius 3 is 2.30 bits per heavy atom. The minimum atomic E-state index is -0.499. The molecule has 2 saturated carbocycles. The molecule has 0 bridgehead atoms. The van der Waals surface area contributed by atoms with Crippen LogP contribution in [0.4, 0.5) is 0 Å². The Bertz CT molecular complexity index is 1010. The number of carbonyl (C=O) groups excluding carboxylic acids is 2. The molecule has 0 unspecified atom stereocenters. The first kappa shape index (κ1) is 23.2. The third-order valence-corrected chi connectivity index (χ3v) is 6.61. The molecule has 2 aliphatic rings. The predicted molar refractivity (Wildman–Crippen MR) is 127 cm³/mol. The second kappa shape index (κ2) is 11.3. The summed E-state index contributed by atoms with van der Waals surface area (Å²) in [4.78, 5) is 43.4. The monoisotopic (exact) mass is 450 g/mol. The van der Waals surface area contributed by atoms with Gasteiger partial charge < -0.3 is 15.2 Å². The topological polar surface area (TPSA) is 93.1 Å². The Morgan fingerprint density at radius 1 is 0.939 bits per heavy atom. The standard InChI is InChI=1S/C26H34N4O3/c31-24-22(25(32)28-16-19-11-12-19)17-30(15-13-20-8-6-7-14-27-20)18-23(24)26(33)29-21-9-4-2-1-3-5-10-21/h6-8,14,17-19,21H,1-5,9-13,15-16H2,(H,28,32)(H,29,33). The van der Waals surface area contributed by atoms with Crippen LogP contribution >= 0.6 is 0 Å². The number of amides is 2. The van der Waals surface area contributed by atoms with Crippen molar-refractivity contribution < 1.29 is 9.59 Å². The molecule has 7 heteroatoms. The minimum Gasteiger partial charge on any atom is -0.352 e. The largest absolute Gasteiger partial charge is 0.352 e. The van der Waals surface area contributed by atoms with Crippen LogP contribution in [0, 0.1) is 5.92 Å². The van der Waals surface area contributed by atoms with Crippen molar-refractivity contribution in [2.75, 3.05) is 6.54 Å². The van der Waals surface area contributed by atoms with Crippen molar-refractivity contribution in [1.82, 2.24) is 20.2 Å². The van der Waals surface area contributed by atoms with Crippen molar-refractivity contribution in [3.63, 3.8) is 0 Å². The Hall–Kier alpha value is -2.96. The van der Waals surface area contributed by atoms with Crippen molar-refractivity contribution in [1.29, 1.82) is 0 Å². The van der Waals surface area contributed by atoms with Crippen molar-refractivity contribution in [3.05, 3.63) is 63.8 Å². The van der Waals surface area contributed by atoms with Crippen LogP contribution in [0.3, 0.4) is 0 Å². The normalized spacial score (nSPS) is 17.1. The van der Waals surface area contributed by atoms with Gasteiger partial charge in [0.25, 0.3) is 11.8 Å². The van der Waals surface area contributed by atoms with E-state index in [0.717, 1.165) is 44.2 Å². The first-order chi connectivity index (χ1) is 16.1. The van der Waals surface area contributed by atoms with Crippen LogP contribution in [0.1, 0.15) is 84.2 Å². The summed E-state index contributed by atoms with van der Waals surface area (Å²) in [5, 5.41) is 5.94. The molecule has 2 fully saturated rings. The van der Waals surface area contributed by atoms with Crippen molar-refractivity contribution >= 4 is 11.8 Å². The molecule has 0 spiro atoms. The van der Waals surface area contributed by atoms with Crippen molar-refractivity contribution in [2.24, 2.45) is 5.92 Å². The molecule has 7 nitrogen and oxygen atoms in total. The Morgan fingerprint density at radius 2 is 1.64 bits per heavy atom. The van der Waals surface area contributed by atoms with E-state index in [0.29, 0.717) is 25.4 Å². The van der Waals surface area contributed by atoms with Crippen LogP contribution in [0.25, 0.3) is 0 Å². The Kier molecular flexibility index (Phi) is 7.92. The lowest BCUT2D eigenvalue weighted by Crippen LogP contribution is -2.40. The highest BCUT2D eigenvalue weighted by atomic mass is 16.2. The molecule has 176 valence electrons. The first-order valence-electron chi connectivity index (χ1n) is 12.3. The smallest absolute Gasteiger partial charge is 0.256 e. The molecule has 2 aromatic rings.